The van der Waals surface area contributed by atoms with Crippen molar-refractivity contribution in [3.05, 3.63) is 0 Å². The zero-order valence-corrected chi connectivity index (χ0v) is 11.4. The largest absolute Gasteiger partial charge is 0.377 e. The van der Waals surface area contributed by atoms with Gasteiger partial charge in [0, 0.05) is 58.8 Å². The first-order valence-electron chi connectivity index (χ1n) is 7.12. The van der Waals surface area contributed by atoms with Crippen LogP contribution in [0.15, 0.2) is 0 Å². The first-order chi connectivity index (χ1) is 8.79. The average molecular weight is 255 g/mol. The number of rotatable bonds is 5. The minimum absolute atomic E-state index is 0.292. The number of likely N-dealkylation sites (tertiary alicyclic amines) is 1. The third kappa shape index (κ3) is 3.93. The summed E-state index contributed by atoms with van der Waals surface area (Å²) in [4.78, 5) is 16.2. The molecular weight excluding hydrogens is 230 g/mol. The van der Waals surface area contributed by atoms with Gasteiger partial charge in [-0.3, -0.25) is 9.69 Å². The molecule has 5 heteroatoms. The number of nitrogens with zero attached hydrogens (tertiary/aromatic N) is 2. The van der Waals surface area contributed by atoms with E-state index in [0.717, 1.165) is 58.8 Å². The fourth-order valence-corrected chi connectivity index (χ4v) is 2.69. The van der Waals surface area contributed by atoms with Crippen LogP contribution in [0, 0.1) is 0 Å². The van der Waals surface area contributed by atoms with Crippen molar-refractivity contribution in [3.63, 3.8) is 0 Å². The predicted octanol–water partition coefficient (Wildman–Crippen LogP) is -0.0809. The summed E-state index contributed by atoms with van der Waals surface area (Å²) in [7, 11) is 0. The molecule has 2 aliphatic heterocycles. The van der Waals surface area contributed by atoms with Gasteiger partial charge in [0.15, 0.2) is 0 Å². The van der Waals surface area contributed by atoms with Crippen molar-refractivity contribution in [2.45, 2.75) is 25.9 Å². The van der Waals surface area contributed by atoms with Crippen LogP contribution in [0.25, 0.3) is 0 Å². The highest BCUT2D eigenvalue weighted by atomic mass is 16.5. The van der Waals surface area contributed by atoms with E-state index in [-0.39, 0.29) is 0 Å². The maximum atomic E-state index is 11.8. The van der Waals surface area contributed by atoms with Crippen molar-refractivity contribution in [1.82, 2.24) is 15.1 Å². The molecule has 0 aliphatic carbocycles. The summed E-state index contributed by atoms with van der Waals surface area (Å²) in [5.41, 5.74) is 0. The molecule has 1 amide bonds. The zero-order valence-electron chi connectivity index (χ0n) is 11.4. The zero-order chi connectivity index (χ0) is 12.8. The van der Waals surface area contributed by atoms with Crippen molar-refractivity contribution >= 4 is 5.91 Å². The number of ether oxygens (including phenoxy) is 1. The van der Waals surface area contributed by atoms with Gasteiger partial charge in [-0.1, -0.05) is 0 Å². The summed E-state index contributed by atoms with van der Waals surface area (Å²) in [5, 5.41) is 3.26. The smallest absolute Gasteiger partial charge is 0.223 e. The molecule has 18 heavy (non-hydrogen) atoms. The fourth-order valence-electron chi connectivity index (χ4n) is 2.69. The van der Waals surface area contributed by atoms with E-state index in [1.807, 2.05) is 11.8 Å². The van der Waals surface area contributed by atoms with Gasteiger partial charge in [-0.15, -0.1) is 0 Å². The quantitative estimate of drug-likeness (QED) is 0.746. The lowest BCUT2D eigenvalue weighted by Crippen LogP contribution is -2.39. The van der Waals surface area contributed by atoms with Gasteiger partial charge in [0.05, 0.1) is 6.10 Å². The molecule has 2 aliphatic rings. The second-order valence-electron chi connectivity index (χ2n) is 5.05. The molecule has 5 nitrogen and oxygen atoms in total. The Labute approximate surface area is 109 Å². The number of amides is 1. The Morgan fingerprint density at radius 1 is 1.33 bits per heavy atom. The Morgan fingerprint density at radius 2 is 2.22 bits per heavy atom. The summed E-state index contributed by atoms with van der Waals surface area (Å²) in [6.07, 6.45) is 2.17. The van der Waals surface area contributed by atoms with E-state index in [0.29, 0.717) is 18.4 Å². The Bertz CT molecular complexity index is 273. The molecule has 1 N–H and O–H groups in total. The highest BCUT2D eigenvalue weighted by Gasteiger charge is 2.23. The highest BCUT2D eigenvalue weighted by Crippen LogP contribution is 2.12. The Balaban J connectivity index is 1.69. The topological polar surface area (TPSA) is 44.8 Å². The summed E-state index contributed by atoms with van der Waals surface area (Å²) >= 11 is 0. The third-order valence-corrected chi connectivity index (χ3v) is 3.74. The molecule has 0 unspecified atom stereocenters. The molecule has 2 heterocycles. The van der Waals surface area contributed by atoms with Gasteiger partial charge >= 0.3 is 0 Å². The second-order valence-corrected chi connectivity index (χ2v) is 5.05. The minimum Gasteiger partial charge on any atom is -0.377 e. The number of hydrogen-bond acceptors (Lipinski definition) is 4. The van der Waals surface area contributed by atoms with E-state index in [1.165, 1.54) is 0 Å². The van der Waals surface area contributed by atoms with Crippen LogP contribution >= 0.6 is 0 Å². The molecule has 2 saturated heterocycles. The van der Waals surface area contributed by atoms with Gasteiger partial charge in [-0.25, -0.2) is 0 Å². The summed E-state index contributed by atoms with van der Waals surface area (Å²) in [6, 6.07) is 0. The molecule has 2 fully saturated rings. The van der Waals surface area contributed by atoms with Crippen LogP contribution in [0.2, 0.25) is 0 Å². The maximum absolute atomic E-state index is 11.8. The molecule has 0 saturated carbocycles. The van der Waals surface area contributed by atoms with E-state index in [4.69, 9.17) is 4.74 Å². The number of hydrogen-bond donors (Lipinski definition) is 1. The third-order valence-electron chi connectivity index (χ3n) is 3.74. The van der Waals surface area contributed by atoms with E-state index in [1.54, 1.807) is 0 Å². The average Bonchev–Trinajstić information content (AvgIpc) is 2.70. The summed E-state index contributed by atoms with van der Waals surface area (Å²) in [6.45, 7) is 9.41. The Kier molecular flexibility index (Phi) is 5.41. The van der Waals surface area contributed by atoms with Gasteiger partial charge in [0.25, 0.3) is 0 Å². The molecule has 0 spiro atoms. The van der Waals surface area contributed by atoms with Crippen LogP contribution in [-0.2, 0) is 9.53 Å². The molecule has 0 aromatic carbocycles. The molecule has 0 aromatic rings. The Hall–Kier alpha value is -0.650. The van der Waals surface area contributed by atoms with Gasteiger partial charge in [-0.05, 0) is 13.3 Å². The van der Waals surface area contributed by atoms with Crippen LogP contribution in [0.5, 0.6) is 0 Å². The summed E-state index contributed by atoms with van der Waals surface area (Å²) < 4.78 is 5.63. The van der Waals surface area contributed by atoms with Crippen LogP contribution in [0.1, 0.15) is 19.8 Å². The molecule has 104 valence electrons. The van der Waals surface area contributed by atoms with E-state index < -0.39 is 0 Å². The van der Waals surface area contributed by atoms with Gasteiger partial charge in [-0.2, -0.15) is 0 Å². The van der Waals surface area contributed by atoms with Crippen molar-refractivity contribution in [2.75, 3.05) is 52.4 Å². The van der Waals surface area contributed by atoms with Crippen molar-refractivity contribution in [3.8, 4) is 0 Å². The Morgan fingerprint density at radius 3 is 3.06 bits per heavy atom. The van der Waals surface area contributed by atoms with Crippen LogP contribution < -0.4 is 5.32 Å². The second kappa shape index (κ2) is 7.07. The van der Waals surface area contributed by atoms with Crippen LogP contribution in [0.3, 0.4) is 0 Å². The van der Waals surface area contributed by atoms with Crippen molar-refractivity contribution in [1.29, 1.82) is 0 Å². The van der Waals surface area contributed by atoms with E-state index in [9.17, 15) is 4.79 Å². The van der Waals surface area contributed by atoms with Crippen LogP contribution in [-0.4, -0.2) is 74.2 Å². The number of carbonyl (C=O) groups excluding carboxylic acids is 1. The van der Waals surface area contributed by atoms with Gasteiger partial charge in [0.1, 0.15) is 0 Å². The first kappa shape index (κ1) is 13.8. The number of carbonyl (C=O) groups is 1. The molecule has 1 atom stereocenters. The predicted molar refractivity (Wildman–Crippen MR) is 70.5 cm³/mol. The van der Waals surface area contributed by atoms with Gasteiger partial charge in [0.2, 0.25) is 5.91 Å². The standard InChI is InChI=1S/C13H25N3O2/c1-2-18-12-4-7-15(11-12)9-10-16-8-6-14-5-3-13(16)17/h12,14H,2-11H2,1H3/t12-/m0/s1. The maximum Gasteiger partial charge on any atom is 0.223 e. The lowest BCUT2D eigenvalue weighted by Gasteiger charge is -2.24. The molecular formula is C13H25N3O2. The van der Waals surface area contributed by atoms with E-state index >= 15 is 0 Å². The molecule has 0 radical (unpaired) electrons. The minimum atomic E-state index is 0.292. The monoisotopic (exact) mass is 255 g/mol. The summed E-state index contributed by atoms with van der Waals surface area (Å²) in [5.74, 6) is 0.292. The van der Waals surface area contributed by atoms with E-state index in [2.05, 4.69) is 10.2 Å². The SMILES string of the molecule is CCO[C@H]1CCN(CCN2CCNCCC2=O)C1. The lowest BCUT2D eigenvalue weighted by atomic mass is 10.3. The lowest BCUT2D eigenvalue weighted by molar-refractivity contribution is -0.130. The normalized spacial score (nSPS) is 26.6. The highest BCUT2D eigenvalue weighted by molar-refractivity contribution is 5.76. The number of nitrogens with one attached hydrogen (secondary N) is 1. The van der Waals surface area contributed by atoms with Crippen molar-refractivity contribution < 1.29 is 9.53 Å². The van der Waals surface area contributed by atoms with Crippen molar-refractivity contribution in [2.24, 2.45) is 0 Å². The fraction of sp³-hybridized carbons (Fsp3) is 0.923. The van der Waals surface area contributed by atoms with Crippen LogP contribution in [0.4, 0.5) is 0 Å². The molecule has 0 aromatic heterocycles. The van der Waals surface area contributed by atoms with Gasteiger partial charge < -0.3 is 15.0 Å². The first-order valence-corrected chi connectivity index (χ1v) is 7.12. The molecule has 0 bridgehead atoms. The molecule has 2 rings (SSSR count).